The number of nitrogens with two attached hydrogens (primary N) is 2. The van der Waals surface area contributed by atoms with Crippen LogP contribution in [0.3, 0.4) is 0 Å². The number of amides is 1. The van der Waals surface area contributed by atoms with Crippen LogP contribution < -0.4 is 27.4 Å². The van der Waals surface area contributed by atoms with Gasteiger partial charge in [-0.2, -0.15) is 5.10 Å². The van der Waals surface area contributed by atoms with Crippen molar-refractivity contribution < 1.29 is 13.9 Å². The van der Waals surface area contributed by atoms with Crippen molar-refractivity contribution in [3.05, 3.63) is 35.6 Å². The van der Waals surface area contributed by atoms with Crippen molar-refractivity contribution in [3.8, 4) is 0 Å². The summed E-state index contributed by atoms with van der Waals surface area (Å²) in [7, 11) is 3.54. The van der Waals surface area contributed by atoms with Crippen LogP contribution in [0.2, 0.25) is 0 Å². The van der Waals surface area contributed by atoms with Crippen LogP contribution in [0, 0.1) is 11.7 Å². The number of hydrogen-bond acceptors (Lipinski definition) is 8. The highest BCUT2D eigenvalue weighted by Crippen LogP contribution is 2.36. The maximum atomic E-state index is 14.8. The lowest BCUT2D eigenvalue weighted by Crippen LogP contribution is -2.40. The second-order valence-corrected chi connectivity index (χ2v) is 9.05. The number of nitrogens with one attached hydrogen (secondary N) is 3. The van der Waals surface area contributed by atoms with Gasteiger partial charge in [0.05, 0.1) is 11.1 Å². The first-order valence-corrected chi connectivity index (χ1v) is 11.8. The minimum atomic E-state index is -0.778. The molecule has 4 rings (SSSR count). The average molecular weight is 485 g/mol. The lowest BCUT2D eigenvalue weighted by atomic mass is 10.1. The Morgan fingerprint density at radius 3 is 2.71 bits per heavy atom. The zero-order valence-electron chi connectivity index (χ0n) is 20.3. The SMILES string of the molecule is COCCCNc1nn(C)c2ccc(Nc3nc(N[C@H](C4CC4)[C@H](C)N)c(F)cc3C(N)=O)cc12. The van der Waals surface area contributed by atoms with Crippen LogP contribution in [-0.2, 0) is 11.8 Å². The van der Waals surface area contributed by atoms with E-state index in [0.29, 0.717) is 24.8 Å². The molecule has 0 spiro atoms. The quantitative estimate of drug-likeness (QED) is 0.247. The fourth-order valence-electron chi connectivity index (χ4n) is 4.20. The van der Waals surface area contributed by atoms with Crippen molar-refractivity contribution in [1.82, 2.24) is 14.8 Å². The molecule has 2 atom stereocenters. The van der Waals surface area contributed by atoms with E-state index in [1.165, 1.54) is 0 Å². The number of methoxy groups -OCH3 is 1. The second kappa shape index (κ2) is 10.4. The van der Waals surface area contributed by atoms with Gasteiger partial charge in [0, 0.05) is 50.5 Å². The molecule has 1 amide bonds. The molecule has 10 nitrogen and oxygen atoms in total. The zero-order valence-corrected chi connectivity index (χ0v) is 20.3. The number of primary amides is 1. The van der Waals surface area contributed by atoms with E-state index in [0.717, 1.165) is 42.0 Å². The van der Waals surface area contributed by atoms with Crippen LogP contribution >= 0.6 is 0 Å². The number of aromatic nitrogens is 3. The summed E-state index contributed by atoms with van der Waals surface area (Å²) in [5.41, 5.74) is 13.2. The van der Waals surface area contributed by atoms with Gasteiger partial charge in [-0.25, -0.2) is 9.37 Å². The Kier molecular flexibility index (Phi) is 7.37. The maximum absolute atomic E-state index is 14.8. The van der Waals surface area contributed by atoms with Crippen molar-refractivity contribution in [2.24, 2.45) is 24.4 Å². The second-order valence-electron chi connectivity index (χ2n) is 9.05. The Labute approximate surface area is 203 Å². The lowest BCUT2D eigenvalue weighted by Gasteiger charge is -2.23. The van der Waals surface area contributed by atoms with E-state index in [9.17, 15) is 9.18 Å². The third-order valence-electron chi connectivity index (χ3n) is 6.17. The summed E-state index contributed by atoms with van der Waals surface area (Å²) in [6.07, 6.45) is 2.92. The fraction of sp³-hybridized carbons (Fsp3) is 0.458. The molecule has 1 aliphatic rings. The molecule has 188 valence electrons. The highest BCUT2D eigenvalue weighted by atomic mass is 19.1. The number of rotatable bonds is 12. The molecule has 7 N–H and O–H groups in total. The van der Waals surface area contributed by atoms with Crippen LogP contribution in [0.5, 0.6) is 0 Å². The predicted octanol–water partition coefficient (Wildman–Crippen LogP) is 2.94. The Balaban J connectivity index is 1.63. The van der Waals surface area contributed by atoms with Gasteiger partial charge in [0.2, 0.25) is 0 Å². The first-order valence-electron chi connectivity index (χ1n) is 11.8. The summed E-state index contributed by atoms with van der Waals surface area (Å²) >= 11 is 0. The molecule has 3 aromatic rings. The largest absolute Gasteiger partial charge is 0.385 e. The third kappa shape index (κ3) is 5.63. The van der Waals surface area contributed by atoms with Crippen molar-refractivity contribution in [1.29, 1.82) is 0 Å². The monoisotopic (exact) mass is 484 g/mol. The number of hydrogen-bond donors (Lipinski definition) is 5. The number of halogens is 1. The Hall–Kier alpha value is -3.44. The summed E-state index contributed by atoms with van der Waals surface area (Å²) < 4.78 is 21.7. The summed E-state index contributed by atoms with van der Waals surface area (Å²) in [6.45, 7) is 3.24. The van der Waals surface area contributed by atoms with Gasteiger partial charge in [-0.15, -0.1) is 0 Å². The van der Waals surface area contributed by atoms with E-state index in [2.05, 4.69) is 26.0 Å². The zero-order chi connectivity index (χ0) is 25.1. The molecule has 0 saturated heterocycles. The van der Waals surface area contributed by atoms with Crippen LogP contribution in [0.4, 0.5) is 27.5 Å². The lowest BCUT2D eigenvalue weighted by molar-refractivity contribution is 0.100. The predicted molar refractivity (Wildman–Crippen MR) is 135 cm³/mol. The van der Waals surface area contributed by atoms with Crippen molar-refractivity contribution >= 4 is 40.0 Å². The van der Waals surface area contributed by atoms with Gasteiger partial charge in [0.15, 0.2) is 17.5 Å². The summed E-state index contributed by atoms with van der Waals surface area (Å²) in [4.78, 5) is 16.5. The van der Waals surface area contributed by atoms with Gasteiger partial charge in [-0.1, -0.05) is 0 Å². The number of aryl methyl sites for hydroxylation is 1. The first kappa shape index (κ1) is 24.7. The molecule has 1 saturated carbocycles. The highest BCUT2D eigenvalue weighted by Gasteiger charge is 2.34. The number of nitrogens with zero attached hydrogens (tertiary/aromatic N) is 3. The van der Waals surface area contributed by atoms with Crippen molar-refractivity contribution in [2.45, 2.75) is 38.3 Å². The molecule has 0 bridgehead atoms. The molecule has 1 aliphatic carbocycles. The van der Waals surface area contributed by atoms with Gasteiger partial charge in [0.25, 0.3) is 5.91 Å². The smallest absolute Gasteiger partial charge is 0.252 e. The number of ether oxygens (including phenoxy) is 1. The van der Waals surface area contributed by atoms with Crippen LogP contribution in [0.25, 0.3) is 10.9 Å². The topological polar surface area (TPSA) is 145 Å². The van der Waals surface area contributed by atoms with Crippen LogP contribution in [0.1, 0.15) is 36.5 Å². The molecule has 2 heterocycles. The van der Waals surface area contributed by atoms with Crippen LogP contribution in [-0.4, -0.2) is 53.0 Å². The molecule has 1 fully saturated rings. The van der Waals surface area contributed by atoms with E-state index in [-0.39, 0.29) is 29.3 Å². The number of pyridine rings is 1. The van der Waals surface area contributed by atoms with Crippen molar-refractivity contribution in [2.75, 3.05) is 36.2 Å². The van der Waals surface area contributed by atoms with E-state index >= 15 is 0 Å². The standard InChI is InChI=1S/C24H33FN8O2/c1-13(26)20(14-5-6-14)30-24-18(25)12-17(21(27)34)23(31-24)29-15-7-8-19-16(11-15)22(32-33(19)2)28-9-4-10-35-3/h7-8,11-14,20H,4-6,9-10,26H2,1-3H3,(H2,27,34)(H,28,32)(H2,29,30,31)/t13-,20-/m0/s1. The van der Waals surface area contributed by atoms with Gasteiger partial charge >= 0.3 is 0 Å². The molecule has 11 heteroatoms. The number of benzene rings is 1. The molecular weight excluding hydrogens is 451 g/mol. The molecule has 0 unspecified atom stereocenters. The Bertz CT molecular complexity index is 1210. The normalized spacial score (nSPS) is 15.1. The van der Waals surface area contributed by atoms with Gasteiger partial charge < -0.3 is 32.2 Å². The van der Waals surface area contributed by atoms with Crippen LogP contribution in [0.15, 0.2) is 24.3 Å². The number of fused-ring (bicyclic) bond motifs is 1. The van der Waals surface area contributed by atoms with Gasteiger partial charge in [-0.05, 0) is 56.4 Å². The minimum Gasteiger partial charge on any atom is -0.385 e. The number of carbonyl (C=O) groups excluding carboxylic acids is 1. The molecule has 2 aromatic heterocycles. The maximum Gasteiger partial charge on any atom is 0.252 e. The molecule has 1 aromatic carbocycles. The molecule has 35 heavy (non-hydrogen) atoms. The molecule has 0 aliphatic heterocycles. The van der Waals surface area contributed by atoms with E-state index in [1.807, 2.05) is 32.2 Å². The van der Waals surface area contributed by atoms with E-state index in [1.54, 1.807) is 11.8 Å². The van der Waals surface area contributed by atoms with Gasteiger partial charge in [-0.3, -0.25) is 9.48 Å². The fourth-order valence-corrected chi connectivity index (χ4v) is 4.20. The number of carbonyl (C=O) groups is 1. The summed E-state index contributed by atoms with van der Waals surface area (Å²) in [5.74, 6) is -0.115. The number of anilines is 4. The van der Waals surface area contributed by atoms with E-state index < -0.39 is 11.7 Å². The third-order valence-corrected chi connectivity index (χ3v) is 6.17. The average Bonchev–Trinajstić information content (AvgIpc) is 3.60. The molecule has 0 radical (unpaired) electrons. The van der Waals surface area contributed by atoms with Gasteiger partial charge in [0.1, 0.15) is 5.82 Å². The highest BCUT2D eigenvalue weighted by molar-refractivity contribution is 5.99. The first-order chi connectivity index (χ1) is 16.8. The molecular formula is C24H33FN8O2. The minimum absolute atomic E-state index is 0.0367. The van der Waals surface area contributed by atoms with Crippen molar-refractivity contribution in [3.63, 3.8) is 0 Å². The van der Waals surface area contributed by atoms with E-state index in [4.69, 9.17) is 16.2 Å². The summed E-state index contributed by atoms with van der Waals surface area (Å²) in [6, 6.07) is 6.48. The summed E-state index contributed by atoms with van der Waals surface area (Å²) in [5, 5.41) is 15.1. The Morgan fingerprint density at radius 1 is 1.29 bits per heavy atom. The Morgan fingerprint density at radius 2 is 2.06 bits per heavy atom.